The van der Waals surface area contributed by atoms with Gasteiger partial charge in [0.1, 0.15) is 0 Å². The zero-order chi connectivity index (χ0) is 17.2. The number of carbonyl (C=O) groups excluding carboxylic acids is 1. The highest BCUT2D eigenvalue weighted by atomic mass is 16.5. The number of fused-ring (bicyclic) bond motifs is 1. The SMILES string of the molecule is Cc1[nH]c2ccccc2c1C1CCN(CC(=O)N2CCOCC2)CC1. The Morgan fingerprint density at radius 3 is 2.64 bits per heavy atom. The van der Waals surface area contributed by atoms with Crippen LogP contribution in [0.1, 0.15) is 30.0 Å². The molecule has 2 aliphatic heterocycles. The number of rotatable bonds is 3. The van der Waals surface area contributed by atoms with Crippen molar-refractivity contribution in [3.05, 3.63) is 35.5 Å². The molecule has 0 bridgehead atoms. The summed E-state index contributed by atoms with van der Waals surface area (Å²) in [5.74, 6) is 0.843. The van der Waals surface area contributed by atoms with Gasteiger partial charge in [-0.05, 0) is 50.4 Å². The summed E-state index contributed by atoms with van der Waals surface area (Å²) in [5.41, 5.74) is 4.01. The van der Waals surface area contributed by atoms with Crippen LogP contribution in [0.15, 0.2) is 24.3 Å². The van der Waals surface area contributed by atoms with Gasteiger partial charge in [-0.2, -0.15) is 0 Å². The number of likely N-dealkylation sites (tertiary alicyclic amines) is 1. The van der Waals surface area contributed by atoms with E-state index in [2.05, 4.69) is 41.1 Å². The number of benzene rings is 1. The van der Waals surface area contributed by atoms with E-state index in [9.17, 15) is 4.79 Å². The molecular formula is C20H27N3O2. The number of hydrogen-bond donors (Lipinski definition) is 1. The molecule has 134 valence electrons. The average Bonchev–Trinajstić information content (AvgIpc) is 2.99. The third kappa shape index (κ3) is 3.44. The maximum Gasteiger partial charge on any atom is 0.236 e. The van der Waals surface area contributed by atoms with Gasteiger partial charge < -0.3 is 14.6 Å². The lowest BCUT2D eigenvalue weighted by molar-refractivity contribution is -0.136. The van der Waals surface area contributed by atoms with E-state index in [1.165, 1.54) is 22.2 Å². The van der Waals surface area contributed by atoms with Crippen molar-refractivity contribution in [3.63, 3.8) is 0 Å². The molecule has 4 rings (SSSR count). The van der Waals surface area contributed by atoms with E-state index in [4.69, 9.17) is 4.74 Å². The van der Waals surface area contributed by atoms with Crippen LogP contribution in [-0.4, -0.2) is 66.6 Å². The van der Waals surface area contributed by atoms with Crippen molar-refractivity contribution in [2.45, 2.75) is 25.7 Å². The Kier molecular flexibility index (Phi) is 4.77. The van der Waals surface area contributed by atoms with Gasteiger partial charge in [0.2, 0.25) is 5.91 Å². The Bertz CT molecular complexity index is 740. The molecule has 2 fully saturated rings. The molecule has 0 atom stereocenters. The van der Waals surface area contributed by atoms with Crippen LogP contribution in [0.4, 0.5) is 0 Å². The van der Waals surface area contributed by atoms with Crippen LogP contribution >= 0.6 is 0 Å². The number of nitrogens with zero attached hydrogens (tertiary/aromatic N) is 2. The van der Waals surface area contributed by atoms with Gasteiger partial charge in [0.15, 0.2) is 0 Å². The summed E-state index contributed by atoms with van der Waals surface area (Å²) in [6.45, 7) is 7.57. The van der Waals surface area contributed by atoms with Crippen molar-refractivity contribution in [1.29, 1.82) is 0 Å². The zero-order valence-corrected chi connectivity index (χ0v) is 15.0. The van der Waals surface area contributed by atoms with Crippen LogP contribution in [0.2, 0.25) is 0 Å². The van der Waals surface area contributed by atoms with E-state index in [1.54, 1.807) is 0 Å². The molecular weight excluding hydrogens is 314 g/mol. The van der Waals surface area contributed by atoms with Crippen LogP contribution < -0.4 is 0 Å². The standard InChI is InChI=1S/C20H27N3O2/c1-15-20(17-4-2-3-5-18(17)21-15)16-6-8-22(9-7-16)14-19(24)23-10-12-25-13-11-23/h2-5,16,21H,6-14H2,1H3. The third-order valence-corrected chi connectivity index (χ3v) is 5.66. The summed E-state index contributed by atoms with van der Waals surface area (Å²) in [5, 5.41) is 1.36. The topological polar surface area (TPSA) is 48.6 Å². The first-order chi connectivity index (χ1) is 12.2. The molecule has 0 aliphatic carbocycles. The van der Waals surface area contributed by atoms with Crippen molar-refractivity contribution < 1.29 is 9.53 Å². The van der Waals surface area contributed by atoms with E-state index >= 15 is 0 Å². The summed E-state index contributed by atoms with van der Waals surface area (Å²) in [6.07, 6.45) is 2.25. The number of para-hydroxylation sites is 1. The first-order valence-corrected chi connectivity index (χ1v) is 9.37. The zero-order valence-electron chi connectivity index (χ0n) is 15.0. The Morgan fingerprint density at radius 2 is 1.88 bits per heavy atom. The van der Waals surface area contributed by atoms with Gasteiger partial charge >= 0.3 is 0 Å². The first kappa shape index (κ1) is 16.6. The fourth-order valence-corrected chi connectivity index (χ4v) is 4.31. The molecule has 0 unspecified atom stereocenters. The van der Waals surface area contributed by atoms with Gasteiger partial charge in [-0.25, -0.2) is 0 Å². The lowest BCUT2D eigenvalue weighted by atomic mass is 9.87. The van der Waals surface area contributed by atoms with Crippen LogP contribution in [0, 0.1) is 6.92 Å². The molecule has 0 radical (unpaired) electrons. The highest BCUT2D eigenvalue weighted by molar-refractivity contribution is 5.85. The number of aromatic amines is 1. The number of H-pyrrole nitrogens is 1. The minimum Gasteiger partial charge on any atom is -0.378 e. The number of piperidine rings is 1. The minimum atomic E-state index is 0.255. The van der Waals surface area contributed by atoms with Gasteiger partial charge in [-0.15, -0.1) is 0 Å². The number of amides is 1. The summed E-state index contributed by atoms with van der Waals surface area (Å²) in [4.78, 5) is 20.2. The van der Waals surface area contributed by atoms with Crippen molar-refractivity contribution in [2.24, 2.45) is 0 Å². The second kappa shape index (κ2) is 7.18. The van der Waals surface area contributed by atoms with Crippen molar-refractivity contribution in [3.8, 4) is 0 Å². The van der Waals surface area contributed by atoms with E-state index < -0.39 is 0 Å². The normalized spacial score (nSPS) is 20.3. The largest absolute Gasteiger partial charge is 0.378 e. The van der Waals surface area contributed by atoms with E-state index in [0.717, 1.165) is 39.0 Å². The predicted molar refractivity (Wildman–Crippen MR) is 98.8 cm³/mol. The molecule has 25 heavy (non-hydrogen) atoms. The Hall–Kier alpha value is -1.85. The van der Waals surface area contributed by atoms with Crippen molar-refractivity contribution in [1.82, 2.24) is 14.8 Å². The van der Waals surface area contributed by atoms with E-state index in [0.29, 0.717) is 25.7 Å². The first-order valence-electron chi connectivity index (χ1n) is 9.37. The second-order valence-electron chi connectivity index (χ2n) is 7.25. The molecule has 0 spiro atoms. The van der Waals surface area contributed by atoms with Gasteiger partial charge in [-0.3, -0.25) is 9.69 Å². The number of nitrogens with one attached hydrogen (secondary N) is 1. The Balaban J connectivity index is 1.38. The molecule has 3 heterocycles. The lowest BCUT2D eigenvalue weighted by Crippen LogP contribution is -2.47. The smallest absolute Gasteiger partial charge is 0.236 e. The highest BCUT2D eigenvalue weighted by Gasteiger charge is 2.26. The number of aromatic nitrogens is 1. The quantitative estimate of drug-likeness (QED) is 0.933. The highest BCUT2D eigenvalue weighted by Crippen LogP contribution is 2.35. The monoisotopic (exact) mass is 341 g/mol. The molecule has 5 nitrogen and oxygen atoms in total. The van der Waals surface area contributed by atoms with Crippen LogP contribution in [0.25, 0.3) is 10.9 Å². The summed E-state index contributed by atoms with van der Waals surface area (Å²) >= 11 is 0. The Morgan fingerprint density at radius 1 is 1.16 bits per heavy atom. The van der Waals surface area contributed by atoms with Gasteiger partial charge in [0, 0.05) is 29.7 Å². The lowest BCUT2D eigenvalue weighted by Gasteiger charge is -2.34. The molecule has 1 amide bonds. The summed E-state index contributed by atoms with van der Waals surface area (Å²) in [6, 6.07) is 8.58. The van der Waals surface area contributed by atoms with Crippen molar-refractivity contribution >= 4 is 16.8 Å². The number of carbonyl (C=O) groups is 1. The van der Waals surface area contributed by atoms with Gasteiger partial charge in [-0.1, -0.05) is 18.2 Å². The van der Waals surface area contributed by atoms with Crippen molar-refractivity contribution in [2.75, 3.05) is 45.9 Å². The Labute approximate surface area is 148 Å². The maximum absolute atomic E-state index is 12.4. The maximum atomic E-state index is 12.4. The number of ether oxygens (including phenoxy) is 1. The number of morpholine rings is 1. The number of hydrogen-bond acceptors (Lipinski definition) is 3. The fraction of sp³-hybridized carbons (Fsp3) is 0.550. The molecule has 0 saturated carbocycles. The number of aryl methyl sites for hydroxylation is 1. The minimum absolute atomic E-state index is 0.255. The predicted octanol–water partition coefficient (Wildman–Crippen LogP) is 2.51. The fourth-order valence-electron chi connectivity index (χ4n) is 4.31. The molecule has 2 aliphatic rings. The third-order valence-electron chi connectivity index (χ3n) is 5.66. The summed E-state index contributed by atoms with van der Waals surface area (Å²) < 4.78 is 5.33. The molecule has 5 heteroatoms. The molecule has 2 aromatic rings. The van der Waals surface area contributed by atoms with Crippen LogP contribution in [0.5, 0.6) is 0 Å². The van der Waals surface area contributed by atoms with Crippen LogP contribution in [0.3, 0.4) is 0 Å². The molecule has 1 aromatic heterocycles. The van der Waals surface area contributed by atoms with Gasteiger partial charge in [0.05, 0.1) is 19.8 Å². The van der Waals surface area contributed by atoms with Gasteiger partial charge in [0.25, 0.3) is 0 Å². The molecule has 1 N–H and O–H groups in total. The average molecular weight is 341 g/mol. The van der Waals surface area contributed by atoms with E-state index in [-0.39, 0.29) is 5.91 Å². The van der Waals surface area contributed by atoms with Crippen LogP contribution in [-0.2, 0) is 9.53 Å². The second-order valence-corrected chi connectivity index (χ2v) is 7.25. The molecule has 2 saturated heterocycles. The molecule has 1 aromatic carbocycles. The van der Waals surface area contributed by atoms with E-state index in [1.807, 2.05) is 4.90 Å². The summed E-state index contributed by atoms with van der Waals surface area (Å²) in [7, 11) is 0.